The smallest absolute Gasteiger partial charge is 0.217 e. The van der Waals surface area contributed by atoms with Crippen molar-refractivity contribution in [3.8, 4) is 17.2 Å². The molecule has 3 aromatic heterocycles. The molecule has 1 aromatic carbocycles. The van der Waals surface area contributed by atoms with Gasteiger partial charge in [0, 0.05) is 0 Å². The van der Waals surface area contributed by atoms with Crippen LogP contribution < -0.4 is 0 Å². The highest BCUT2D eigenvalue weighted by molar-refractivity contribution is 7.14. The Labute approximate surface area is 123 Å². The number of aromatic nitrogens is 7. The van der Waals surface area contributed by atoms with Crippen LogP contribution >= 0.6 is 11.3 Å². The first kappa shape index (κ1) is 12.2. The number of hydrogen-bond donors (Lipinski definition) is 0. The van der Waals surface area contributed by atoms with Crippen molar-refractivity contribution in [2.45, 2.75) is 13.8 Å². The molecule has 0 aliphatic rings. The number of nitrogens with zero attached hydrogens (tertiary/aromatic N) is 7. The Morgan fingerprint density at radius 3 is 2.62 bits per heavy atom. The fraction of sp³-hybridized carbons (Fsp3) is 0.154. The lowest BCUT2D eigenvalue weighted by atomic mass is 10.2. The molecule has 0 N–H and O–H groups in total. The molecule has 0 aliphatic carbocycles. The highest BCUT2D eigenvalue weighted by atomic mass is 32.1. The second-order valence-corrected chi connectivity index (χ2v) is 5.54. The van der Waals surface area contributed by atoms with Gasteiger partial charge in [-0.15, -0.1) is 15.3 Å². The molecule has 0 spiro atoms. The van der Waals surface area contributed by atoms with Gasteiger partial charge in [0.25, 0.3) is 0 Å². The first-order chi connectivity index (χ1) is 10.2. The van der Waals surface area contributed by atoms with Crippen molar-refractivity contribution >= 4 is 16.3 Å². The van der Waals surface area contributed by atoms with Crippen molar-refractivity contribution in [3.05, 3.63) is 41.0 Å². The van der Waals surface area contributed by atoms with E-state index in [4.69, 9.17) is 0 Å². The summed E-state index contributed by atoms with van der Waals surface area (Å²) in [7, 11) is 0. The maximum absolute atomic E-state index is 4.24. The summed E-state index contributed by atoms with van der Waals surface area (Å²) in [6.45, 7) is 4.02. The topological polar surface area (TPSA) is 73.8 Å². The summed E-state index contributed by atoms with van der Waals surface area (Å²) in [5.41, 5.74) is 5.50. The summed E-state index contributed by atoms with van der Waals surface area (Å²) in [6, 6.07) is 8.13. The summed E-state index contributed by atoms with van der Waals surface area (Å²) in [5.74, 6) is 0.613. The van der Waals surface area contributed by atoms with Gasteiger partial charge in [0.15, 0.2) is 5.69 Å². The Balaban J connectivity index is 1.86. The third-order valence-electron chi connectivity index (χ3n) is 3.32. The summed E-state index contributed by atoms with van der Waals surface area (Å²) >= 11 is 1.44. The molecule has 0 radical (unpaired) electrons. The van der Waals surface area contributed by atoms with Gasteiger partial charge in [0.2, 0.25) is 10.8 Å². The average molecular weight is 297 g/mol. The second kappa shape index (κ2) is 4.45. The minimum absolute atomic E-state index is 0.613. The van der Waals surface area contributed by atoms with Gasteiger partial charge in [-0.25, -0.2) is 4.68 Å². The fourth-order valence-corrected chi connectivity index (χ4v) is 2.73. The molecule has 0 atom stereocenters. The van der Waals surface area contributed by atoms with Crippen LogP contribution in [0.25, 0.3) is 22.2 Å². The largest absolute Gasteiger partial charge is 0.234 e. The van der Waals surface area contributed by atoms with Crippen molar-refractivity contribution in [2.24, 2.45) is 0 Å². The molecule has 0 bridgehead atoms. The highest BCUT2D eigenvalue weighted by Gasteiger charge is 2.18. The molecule has 3 heterocycles. The lowest BCUT2D eigenvalue weighted by Gasteiger charge is -2.03. The van der Waals surface area contributed by atoms with Gasteiger partial charge in [-0.3, -0.25) is 0 Å². The number of hydrogen-bond acceptors (Lipinski definition) is 6. The second-order valence-electron chi connectivity index (χ2n) is 4.73. The molecule has 8 heteroatoms. The molecule has 0 saturated carbocycles. The lowest BCUT2D eigenvalue weighted by Crippen LogP contribution is -1.99. The van der Waals surface area contributed by atoms with Crippen LogP contribution in [0.5, 0.6) is 0 Å². The van der Waals surface area contributed by atoms with Gasteiger partial charge in [-0.2, -0.15) is 9.61 Å². The first-order valence-electron chi connectivity index (χ1n) is 6.38. The van der Waals surface area contributed by atoms with Gasteiger partial charge < -0.3 is 0 Å². The molecule has 21 heavy (non-hydrogen) atoms. The standard InChI is InChI=1S/C13H11N7S/c1-8-3-5-10(6-4-8)19-9(2)11(15-18-19)12-16-17-13-20(12)14-7-21-13/h3-7H,1-2H3. The van der Waals surface area contributed by atoms with Gasteiger partial charge >= 0.3 is 0 Å². The predicted molar refractivity (Wildman–Crippen MR) is 78.5 cm³/mol. The molecule has 0 amide bonds. The Morgan fingerprint density at radius 1 is 1.00 bits per heavy atom. The predicted octanol–water partition coefficient (Wildman–Crippen LogP) is 2.05. The van der Waals surface area contributed by atoms with Crippen molar-refractivity contribution in [3.63, 3.8) is 0 Å². The van der Waals surface area contributed by atoms with Crippen LogP contribution in [0, 0.1) is 13.8 Å². The van der Waals surface area contributed by atoms with Crippen LogP contribution in [0.1, 0.15) is 11.3 Å². The van der Waals surface area contributed by atoms with Gasteiger partial charge in [-0.05, 0) is 26.0 Å². The van der Waals surface area contributed by atoms with Crippen molar-refractivity contribution < 1.29 is 0 Å². The molecule has 4 aromatic rings. The van der Waals surface area contributed by atoms with Gasteiger partial charge in [-0.1, -0.05) is 34.2 Å². The molecular formula is C13H11N7S. The van der Waals surface area contributed by atoms with E-state index in [-0.39, 0.29) is 0 Å². The van der Waals surface area contributed by atoms with Gasteiger partial charge in [0.1, 0.15) is 5.51 Å². The lowest BCUT2D eigenvalue weighted by molar-refractivity contribution is 0.785. The molecule has 7 nitrogen and oxygen atoms in total. The molecule has 0 unspecified atom stereocenters. The van der Waals surface area contributed by atoms with Crippen LogP contribution in [-0.2, 0) is 0 Å². The van der Waals surface area contributed by atoms with E-state index in [1.807, 2.05) is 31.2 Å². The molecular weight excluding hydrogens is 286 g/mol. The number of aryl methyl sites for hydroxylation is 1. The average Bonchev–Trinajstić information content (AvgIpc) is 3.16. The zero-order valence-corrected chi connectivity index (χ0v) is 12.2. The number of fused-ring (bicyclic) bond motifs is 1. The Bertz CT molecular complexity index is 916. The van der Waals surface area contributed by atoms with E-state index in [9.17, 15) is 0 Å². The van der Waals surface area contributed by atoms with E-state index in [1.54, 1.807) is 14.7 Å². The quantitative estimate of drug-likeness (QED) is 0.566. The van der Waals surface area contributed by atoms with Crippen LogP contribution in [0.4, 0.5) is 0 Å². The Morgan fingerprint density at radius 2 is 1.81 bits per heavy atom. The van der Waals surface area contributed by atoms with Gasteiger partial charge in [0.05, 0.1) is 11.4 Å². The SMILES string of the molecule is Cc1ccc(-n2nnc(-c3nnc4scnn34)c2C)cc1. The minimum atomic E-state index is 0.613. The zero-order chi connectivity index (χ0) is 14.4. The molecule has 4 rings (SSSR count). The fourth-order valence-electron chi connectivity index (χ4n) is 2.18. The zero-order valence-electron chi connectivity index (χ0n) is 11.4. The molecule has 0 saturated heterocycles. The third kappa shape index (κ3) is 1.83. The maximum Gasteiger partial charge on any atom is 0.234 e. The maximum atomic E-state index is 4.24. The molecule has 0 aliphatic heterocycles. The molecule has 0 fully saturated rings. The van der Waals surface area contributed by atoms with E-state index >= 15 is 0 Å². The Kier molecular flexibility index (Phi) is 2.58. The van der Waals surface area contributed by atoms with E-state index in [2.05, 4.69) is 32.5 Å². The van der Waals surface area contributed by atoms with Crippen LogP contribution in [0.2, 0.25) is 0 Å². The summed E-state index contributed by atoms with van der Waals surface area (Å²) in [6.07, 6.45) is 0. The van der Waals surface area contributed by atoms with Crippen molar-refractivity contribution in [2.75, 3.05) is 0 Å². The summed E-state index contributed by atoms with van der Waals surface area (Å²) in [5, 5.41) is 20.9. The van der Waals surface area contributed by atoms with E-state index < -0.39 is 0 Å². The summed E-state index contributed by atoms with van der Waals surface area (Å²) in [4.78, 5) is 0.745. The van der Waals surface area contributed by atoms with Crippen molar-refractivity contribution in [1.29, 1.82) is 0 Å². The highest BCUT2D eigenvalue weighted by Crippen LogP contribution is 2.22. The normalized spacial score (nSPS) is 11.3. The van der Waals surface area contributed by atoms with E-state index in [0.717, 1.165) is 16.3 Å². The first-order valence-corrected chi connectivity index (χ1v) is 7.26. The monoisotopic (exact) mass is 297 g/mol. The van der Waals surface area contributed by atoms with E-state index in [1.165, 1.54) is 16.9 Å². The van der Waals surface area contributed by atoms with Crippen molar-refractivity contribution in [1.82, 2.24) is 34.8 Å². The number of rotatable bonds is 2. The minimum Gasteiger partial charge on any atom is -0.217 e. The molecule has 104 valence electrons. The van der Waals surface area contributed by atoms with Crippen LogP contribution in [0.15, 0.2) is 29.8 Å². The summed E-state index contributed by atoms with van der Waals surface area (Å²) < 4.78 is 3.48. The third-order valence-corrected chi connectivity index (χ3v) is 3.98. The van der Waals surface area contributed by atoms with Crippen LogP contribution in [-0.4, -0.2) is 34.8 Å². The van der Waals surface area contributed by atoms with Crippen LogP contribution in [0.3, 0.4) is 0 Å². The Hall–Kier alpha value is -2.61. The number of benzene rings is 1. The van der Waals surface area contributed by atoms with E-state index in [0.29, 0.717) is 11.5 Å².